The Bertz CT molecular complexity index is 327. The smallest absolute Gasteiger partial charge is 0.122 e. The van der Waals surface area contributed by atoms with Crippen molar-refractivity contribution in [3.05, 3.63) is 23.7 Å². The summed E-state index contributed by atoms with van der Waals surface area (Å²) in [6, 6.07) is 2.69. The van der Waals surface area contributed by atoms with E-state index < -0.39 is 0 Å². The van der Waals surface area contributed by atoms with Crippen LogP contribution in [0.3, 0.4) is 0 Å². The first-order chi connectivity index (χ1) is 8.72. The number of hydrogen-bond acceptors (Lipinski definition) is 4. The molecule has 1 aromatic heterocycles. The molecule has 0 amide bonds. The molecule has 0 fully saturated rings. The van der Waals surface area contributed by atoms with E-state index >= 15 is 0 Å². The van der Waals surface area contributed by atoms with Crippen molar-refractivity contribution >= 4 is 11.8 Å². The van der Waals surface area contributed by atoms with Crippen LogP contribution in [0.4, 0.5) is 0 Å². The number of hydrogen-bond donors (Lipinski definition) is 1. The van der Waals surface area contributed by atoms with Crippen LogP contribution >= 0.6 is 11.8 Å². The average Bonchev–Trinajstić information content (AvgIpc) is 2.80. The van der Waals surface area contributed by atoms with Gasteiger partial charge in [-0.05, 0) is 32.3 Å². The van der Waals surface area contributed by atoms with E-state index in [4.69, 9.17) is 4.42 Å². The van der Waals surface area contributed by atoms with Crippen LogP contribution in [-0.2, 0) is 13.1 Å². The van der Waals surface area contributed by atoms with Gasteiger partial charge in [0.05, 0.1) is 12.8 Å². The quantitative estimate of drug-likeness (QED) is 0.747. The molecule has 0 aliphatic rings. The van der Waals surface area contributed by atoms with Crippen LogP contribution in [0.2, 0.25) is 0 Å². The molecular formula is C14H26N2OS. The summed E-state index contributed by atoms with van der Waals surface area (Å²) in [5.74, 6) is 2.27. The van der Waals surface area contributed by atoms with Crippen molar-refractivity contribution in [2.24, 2.45) is 0 Å². The third-order valence-electron chi connectivity index (χ3n) is 3.25. The van der Waals surface area contributed by atoms with Gasteiger partial charge >= 0.3 is 0 Å². The minimum Gasteiger partial charge on any atom is -0.468 e. The van der Waals surface area contributed by atoms with Crippen molar-refractivity contribution in [2.75, 3.05) is 25.6 Å². The first kappa shape index (κ1) is 15.6. The summed E-state index contributed by atoms with van der Waals surface area (Å²) in [6.07, 6.45) is 5.14. The minimum atomic E-state index is 0.622. The predicted molar refractivity (Wildman–Crippen MR) is 80.0 cm³/mol. The molecule has 0 saturated carbocycles. The van der Waals surface area contributed by atoms with Crippen LogP contribution in [0.15, 0.2) is 16.7 Å². The van der Waals surface area contributed by atoms with Gasteiger partial charge in [0.15, 0.2) is 0 Å². The van der Waals surface area contributed by atoms with Crippen molar-refractivity contribution < 1.29 is 4.42 Å². The van der Waals surface area contributed by atoms with E-state index in [9.17, 15) is 0 Å². The molecule has 0 saturated heterocycles. The van der Waals surface area contributed by atoms with Crippen molar-refractivity contribution in [3.8, 4) is 0 Å². The topological polar surface area (TPSA) is 28.4 Å². The zero-order chi connectivity index (χ0) is 13.4. The summed E-state index contributed by atoms with van der Waals surface area (Å²) in [5.41, 5.74) is 1.28. The van der Waals surface area contributed by atoms with Gasteiger partial charge in [-0.1, -0.05) is 13.8 Å². The van der Waals surface area contributed by atoms with E-state index in [0.29, 0.717) is 6.04 Å². The maximum absolute atomic E-state index is 5.62. The van der Waals surface area contributed by atoms with Gasteiger partial charge in [0.2, 0.25) is 0 Å². The van der Waals surface area contributed by atoms with Crippen molar-refractivity contribution in [3.63, 3.8) is 0 Å². The minimum absolute atomic E-state index is 0.622. The lowest BCUT2D eigenvalue weighted by Crippen LogP contribution is -2.33. The summed E-state index contributed by atoms with van der Waals surface area (Å²) in [6.45, 7) is 7.16. The summed E-state index contributed by atoms with van der Waals surface area (Å²) >= 11 is 1.91. The second-order valence-corrected chi connectivity index (χ2v) is 5.49. The highest BCUT2D eigenvalue weighted by atomic mass is 32.2. The second kappa shape index (κ2) is 8.62. The standard InChI is InChI=1S/C14H26N2OS/c1-5-13(11-18-4)16(3)10-14-12(7-8-17-14)9-15-6-2/h7-8,13,15H,5-6,9-11H2,1-4H3. The van der Waals surface area contributed by atoms with Crippen LogP contribution in [0, 0.1) is 0 Å². The molecule has 1 rings (SSSR count). The molecule has 0 aromatic carbocycles. The van der Waals surface area contributed by atoms with Gasteiger partial charge in [0, 0.05) is 23.9 Å². The van der Waals surface area contributed by atoms with Crippen molar-refractivity contribution in [1.29, 1.82) is 0 Å². The zero-order valence-corrected chi connectivity index (χ0v) is 12.8. The molecule has 0 aliphatic carbocycles. The first-order valence-electron chi connectivity index (χ1n) is 6.68. The Balaban J connectivity index is 2.57. The van der Waals surface area contributed by atoms with Crippen molar-refractivity contribution in [1.82, 2.24) is 10.2 Å². The van der Waals surface area contributed by atoms with E-state index in [0.717, 1.165) is 25.4 Å². The van der Waals surface area contributed by atoms with Crippen LogP contribution in [0.1, 0.15) is 31.6 Å². The van der Waals surface area contributed by atoms with Gasteiger partial charge in [-0.2, -0.15) is 11.8 Å². The summed E-state index contributed by atoms with van der Waals surface area (Å²) in [4.78, 5) is 2.39. The summed E-state index contributed by atoms with van der Waals surface area (Å²) in [7, 11) is 2.18. The van der Waals surface area contributed by atoms with Gasteiger partial charge in [0.25, 0.3) is 0 Å². The van der Waals surface area contributed by atoms with E-state index in [2.05, 4.69) is 43.4 Å². The second-order valence-electron chi connectivity index (χ2n) is 4.58. The molecule has 1 N–H and O–H groups in total. The molecule has 1 unspecified atom stereocenters. The molecule has 1 atom stereocenters. The molecule has 1 heterocycles. The highest BCUT2D eigenvalue weighted by Crippen LogP contribution is 2.16. The van der Waals surface area contributed by atoms with Crippen LogP contribution in [0.5, 0.6) is 0 Å². The zero-order valence-electron chi connectivity index (χ0n) is 12.0. The Labute approximate surface area is 115 Å². The molecule has 3 nitrogen and oxygen atoms in total. The number of nitrogens with zero attached hydrogens (tertiary/aromatic N) is 1. The maximum atomic E-state index is 5.62. The van der Waals surface area contributed by atoms with Gasteiger partial charge in [-0.15, -0.1) is 0 Å². The third-order valence-corrected chi connectivity index (χ3v) is 3.97. The normalized spacial score (nSPS) is 13.2. The molecule has 104 valence electrons. The average molecular weight is 270 g/mol. The largest absolute Gasteiger partial charge is 0.468 e. The fourth-order valence-corrected chi connectivity index (χ4v) is 2.90. The predicted octanol–water partition coefficient (Wildman–Crippen LogP) is 2.96. The highest BCUT2D eigenvalue weighted by molar-refractivity contribution is 7.98. The summed E-state index contributed by atoms with van der Waals surface area (Å²) < 4.78 is 5.62. The molecule has 0 spiro atoms. The van der Waals surface area contributed by atoms with E-state index in [1.165, 1.54) is 17.7 Å². The Morgan fingerprint density at radius 3 is 2.83 bits per heavy atom. The monoisotopic (exact) mass is 270 g/mol. The number of rotatable bonds is 9. The first-order valence-corrected chi connectivity index (χ1v) is 8.07. The fraction of sp³-hybridized carbons (Fsp3) is 0.714. The van der Waals surface area contributed by atoms with Gasteiger partial charge in [0.1, 0.15) is 5.76 Å². The van der Waals surface area contributed by atoms with Gasteiger partial charge in [-0.25, -0.2) is 0 Å². The molecule has 4 heteroatoms. The third kappa shape index (κ3) is 4.67. The molecule has 0 radical (unpaired) electrons. The Morgan fingerprint density at radius 1 is 1.44 bits per heavy atom. The van der Waals surface area contributed by atoms with E-state index in [-0.39, 0.29) is 0 Å². The molecule has 0 aliphatic heterocycles. The Kier molecular flexibility index (Phi) is 7.47. The lowest BCUT2D eigenvalue weighted by atomic mass is 10.2. The molecule has 1 aromatic rings. The van der Waals surface area contributed by atoms with E-state index in [1.807, 2.05) is 11.8 Å². The lowest BCUT2D eigenvalue weighted by molar-refractivity contribution is 0.227. The summed E-state index contributed by atoms with van der Waals surface area (Å²) in [5, 5.41) is 3.35. The van der Waals surface area contributed by atoms with Gasteiger partial charge < -0.3 is 9.73 Å². The number of thioether (sulfide) groups is 1. The number of nitrogens with one attached hydrogen (secondary N) is 1. The van der Waals surface area contributed by atoms with Crippen LogP contribution in [-0.4, -0.2) is 36.5 Å². The Hall–Kier alpha value is -0.450. The molecule has 0 bridgehead atoms. The maximum Gasteiger partial charge on any atom is 0.122 e. The van der Waals surface area contributed by atoms with Crippen LogP contribution < -0.4 is 5.32 Å². The molecule has 18 heavy (non-hydrogen) atoms. The number of furan rings is 1. The lowest BCUT2D eigenvalue weighted by Gasteiger charge is -2.26. The van der Waals surface area contributed by atoms with Gasteiger partial charge in [-0.3, -0.25) is 4.90 Å². The SMILES string of the molecule is CCNCc1ccoc1CN(C)C(CC)CSC. The molecular weight excluding hydrogens is 244 g/mol. The van der Waals surface area contributed by atoms with Crippen LogP contribution in [0.25, 0.3) is 0 Å². The Morgan fingerprint density at radius 2 is 2.22 bits per heavy atom. The fourth-order valence-electron chi connectivity index (χ4n) is 2.03. The van der Waals surface area contributed by atoms with E-state index in [1.54, 1.807) is 6.26 Å². The van der Waals surface area contributed by atoms with Crippen molar-refractivity contribution in [2.45, 2.75) is 39.4 Å². The highest BCUT2D eigenvalue weighted by Gasteiger charge is 2.15.